The van der Waals surface area contributed by atoms with E-state index in [-0.39, 0.29) is 25.1 Å². The Morgan fingerprint density at radius 1 is 0.389 bits per heavy atom. The Hall–Kier alpha value is -2.03. The maximum atomic E-state index is 13.7. The van der Waals surface area contributed by atoms with E-state index >= 15 is 0 Å². The summed E-state index contributed by atoms with van der Waals surface area (Å²) in [5, 5.41) is 3.09. The molecule has 0 aliphatic rings. The highest BCUT2D eigenvalue weighted by Gasteiger charge is 2.30. The van der Waals surface area contributed by atoms with Gasteiger partial charge in [-0.25, -0.2) is 4.57 Å². The van der Waals surface area contributed by atoms with Gasteiger partial charge in [-0.15, -0.1) is 0 Å². The lowest BCUT2D eigenvalue weighted by Crippen LogP contribution is -2.47. The number of allylic oxidation sites excluding steroid dienone is 7. The number of carbonyl (C=O) groups is 2. The molecule has 10 heteroatoms. The first kappa shape index (κ1) is 88.0. The minimum atomic E-state index is -4.46. The van der Waals surface area contributed by atoms with Crippen LogP contribution in [0, 0.1) is 0 Å². The summed E-state index contributed by atoms with van der Waals surface area (Å²) in [5.74, 6) is -0.483. The number of carbonyl (C=O) groups excluding carboxylic acids is 2. The topological polar surface area (TPSA) is 111 Å². The minimum Gasteiger partial charge on any atom is -0.456 e. The van der Waals surface area contributed by atoms with Gasteiger partial charge in [-0.2, -0.15) is 0 Å². The van der Waals surface area contributed by atoms with Gasteiger partial charge >= 0.3 is 13.8 Å². The highest BCUT2D eigenvalue weighted by molar-refractivity contribution is 7.47. The summed E-state index contributed by atoms with van der Waals surface area (Å²) in [4.78, 5) is 38.0. The second kappa shape index (κ2) is 69.8. The fourth-order valence-electron chi connectivity index (χ4n) is 12.0. The van der Waals surface area contributed by atoms with Crippen molar-refractivity contribution < 1.29 is 37.3 Å². The van der Waals surface area contributed by atoms with Gasteiger partial charge in [-0.3, -0.25) is 18.6 Å². The third-order valence-corrected chi connectivity index (χ3v) is 19.0. The fraction of sp³-hybridized carbons (Fsp3) is 0.875. The molecule has 0 aromatic carbocycles. The van der Waals surface area contributed by atoms with Crippen LogP contribution in [0.5, 0.6) is 0 Å². The van der Waals surface area contributed by atoms with Crippen molar-refractivity contribution >= 4 is 19.7 Å². The molecule has 530 valence electrons. The molecule has 0 aliphatic carbocycles. The van der Waals surface area contributed by atoms with Gasteiger partial charge in [0.25, 0.3) is 0 Å². The first-order chi connectivity index (χ1) is 43.9. The largest absolute Gasteiger partial charge is 0.472 e. The van der Waals surface area contributed by atoms with E-state index in [1.165, 1.54) is 295 Å². The standard InChI is InChI=1S/C80H153N2O7P/c1-7-10-13-16-19-22-25-28-30-32-34-36-38-40-41-43-45-47-49-51-53-55-58-61-64-67-70-73-80(84)89-78(71-68-65-62-59-56-27-24-21-18-15-12-9-3)77(76-88-90(85,86)87-75-74-82(4,5)6)81-79(83)72-69-66-63-60-57-54-52-50-48-46-44-42-39-37-35-33-31-29-26-23-20-17-14-11-8-2/h19,22,28,30,34,36,68,71,77-78H,7-18,20-21,23-27,29,31-33,35,37-67,69-70,72-76H2,1-6H3,(H-,81,83,85,86)/p+1/b22-19-,30-28-,36-34-,71-68+. The first-order valence-corrected chi connectivity index (χ1v) is 41.0. The molecule has 0 fully saturated rings. The van der Waals surface area contributed by atoms with Crippen molar-refractivity contribution in [3.8, 4) is 0 Å². The van der Waals surface area contributed by atoms with Crippen LogP contribution < -0.4 is 5.32 Å². The summed E-state index contributed by atoms with van der Waals surface area (Å²) < 4.78 is 30.9. The van der Waals surface area contributed by atoms with Crippen LogP contribution in [0.2, 0.25) is 0 Å². The van der Waals surface area contributed by atoms with Crippen molar-refractivity contribution in [2.75, 3.05) is 40.9 Å². The summed E-state index contributed by atoms with van der Waals surface area (Å²) in [6.07, 6.45) is 90.0. The summed E-state index contributed by atoms with van der Waals surface area (Å²) in [6, 6.07) is -0.847. The predicted molar refractivity (Wildman–Crippen MR) is 392 cm³/mol. The van der Waals surface area contributed by atoms with Gasteiger partial charge in [0.05, 0.1) is 33.8 Å². The first-order valence-electron chi connectivity index (χ1n) is 39.5. The molecule has 0 aliphatic heterocycles. The van der Waals surface area contributed by atoms with Gasteiger partial charge in [0.15, 0.2) is 0 Å². The van der Waals surface area contributed by atoms with E-state index < -0.39 is 20.0 Å². The van der Waals surface area contributed by atoms with Gasteiger partial charge in [0.1, 0.15) is 19.3 Å². The third-order valence-electron chi connectivity index (χ3n) is 18.0. The van der Waals surface area contributed by atoms with Crippen LogP contribution in [-0.4, -0.2) is 74.3 Å². The Kier molecular flexibility index (Phi) is 68.2. The number of phosphoric acid groups is 1. The number of unbranched alkanes of at least 4 members (excludes halogenated alkanes) is 51. The monoisotopic (exact) mass is 1290 g/mol. The average molecular weight is 1290 g/mol. The van der Waals surface area contributed by atoms with E-state index in [1.807, 2.05) is 27.2 Å². The van der Waals surface area contributed by atoms with E-state index in [1.54, 1.807) is 0 Å². The molecular formula is C80H154N2O7P+. The van der Waals surface area contributed by atoms with Crippen molar-refractivity contribution in [1.82, 2.24) is 5.32 Å². The maximum absolute atomic E-state index is 13.7. The van der Waals surface area contributed by atoms with E-state index in [0.717, 1.165) is 70.6 Å². The van der Waals surface area contributed by atoms with Crippen molar-refractivity contribution in [3.63, 3.8) is 0 Å². The summed E-state index contributed by atoms with van der Waals surface area (Å²) in [6.45, 7) is 7.06. The summed E-state index contributed by atoms with van der Waals surface area (Å²) >= 11 is 0. The predicted octanol–water partition coefficient (Wildman–Crippen LogP) is 25.5. The molecule has 3 atom stereocenters. The molecule has 0 saturated heterocycles. The molecule has 0 aromatic heterocycles. The molecule has 0 spiro atoms. The smallest absolute Gasteiger partial charge is 0.456 e. The van der Waals surface area contributed by atoms with Crippen molar-refractivity contribution in [3.05, 3.63) is 48.6 Å². The lowest BCUT2D eigenvalue weighted by molar-refractivity contribution is -0.870. The Balaban J connectivity index is 4.91. The number of hydrogen-bond donors (Lipinski definition) is 2. The van der Waals surface area contributed by atoms with Gasteiger partial charge in [0, 0.05) is 12.8 Å². The van der Waals surface area contributed by atoms with Crippen LogP contribution >= 0.6 is 7.82 Å². The van der Waals surface area contributed by atoms with Crippen LogP contribution in [0.25, 0.3) is 0 Å². The molecule has 0 radical (unpaired) electrons. The number of rotatable bonds is 73. The van der Waals surface area contributed by atoms with Gasteiger partial charge in [-0.1, -0.05) is 365 Å². The van der Waals surface area contributed by atoms with Crippen molar-refractivity contribution in [1.29, 1.82) is 0 Å². The highest BCUT2D eigenvalue weighted by Crippen LogP contribution is 2.43. The maximum Gasteiger partial charge on any atom is 0.472 e. The van der Waals surface area contributed by atoms with Crippen molar-refractivity contribution in [2.24, 2.45) is 0 Å². The molecule has 3 unspecified atom stereocenters. The average Bonchev–Trinajstić information content (AvgIpc) is 3.12. The number of amides is 1. The number of nitrogens with one attached hydrogen (secondary N) is 1. The van der Waals surface area contributed by atoms with Gasteiger partial charge < -0.3 is 19.4 Å². The molecule has 0 aromatic rings. The van der Waals surface area contributed by atoms with E-state index in [2.05, 4.69) is 68.6 Å². The van der Waals surface area contributed by atoms with Crippen LogP contribution in [-0.2, 0) is 27.9 Å². The zero-order chi connectivity index (χ0) is 65.6. The van der Waals surface area contributed by atoms with Gasteiger partial charge in [-0.05, 0) is 70.3 Å². The Labute approximate surface area is 560 Å². The number of ether oxygens (including phenoxy) is 1. The van der Waals surface area contributed by atoms with E-state index in [0.29, 0.717) is 23.9 Å². The Bertz CT molecular complexity index is 1680. The third kappa shape index (κ3) is 70.3. The molecule has 0 heterocycles. The number of likely N-dealkylation sites (N-methyl/N-ethyl adjacent to an activating group) is 1. The molecule has 0 bridgehead atoms. The van der Waals surface area contributed by atoms with Crippen LogP contribution in [0.3, 0.4) is 0 Å². The molecule has 9 nitrogen and oxygen atoms in total. The van der Waals surface area contributed by atoms with Crippen molar-refractivity contribution in [2.45, 2.75) is 412 Å². The molecular weight excluding hydrogens is 1130 g/mol. The van der Waals surface area contributed by atoms with Gasteiger partial charge in [0.2, 0.25) is 5.91 Å². The van der Waals surface area contributed by atoms with Crippen LogP contribution in [0.1, 0.15) is 400 Å². The SMILES string of the molecule is CCCCC/C=C\C/C=C\C/C=C\CCCCCCCCCCCCCCCCC(=O)OC(/C=C/CCCCCCCCCCCC)C(COP(=O)(O)OCC[N+](C)(C)C)NC(=O)CCCCCCCCCCCCCCCCCCCCCCCCCCC. The number of quaternary nitrogens is 1. The molecule has 2 N–H and O–H groups in total. The number of esters is 1. The van der Waals surface area contributed by atoms with E-state index in [4.69, 9.17) is 13.8 Å². The fourth-order valence-corrected chi connectivity index (χ4v) is 12.7. The number of phosphoric ester groups is 1. The lowest BCUT2D eigenvalue weighted by atomic mass is 10.0. The zero-order valence-electron chi connectivity index (χ0n) is 60.9. The highest BCUT2D eigenvalue weighted by atomic mass is 31.2. The Morgan fingerprint density at radius 2 is 0.678 bits per heavy atom. The van der Waals surface area contributed by atoms with Crippen LogP contribution in [0.15, 0.2) is 48.6 Å². The normalized spacial score (nSPS) is 13.6. The van der Waals surface area contributed by atoms with E-state index in [9.17, 15) is 19.0 Å². The second-order valence-electron chi connectivity index (χ2n) is 28.2. The second-order valence-corrected chi connectivity index (χ2v) is 29.7. The lowest BCUT2D eigenvalue weighted by Gasteiger charge is -2.27. The minimum absolute atomic E-state index is 0.0428. The summed E-state index contributed by atoms with van der Waals surface area (Å²) in [7, 11) is 1.52. The zero-order valence-corrected chi connectivity index (χ0v) is 61.8. The molecule has 0 rings (SSSR count). The Morgan fingerprint density at radius 3 is 1.03 bits per heavy atom. The number of hydrogen-bond acceptors (Lipinski definition) is 6. The quantitative estimate of drug-likeness (QED) is 0.0205. The molecule has 1 amide bonds. The number of nitrogens with zero attached hydrogens (tertiary/aromatic N) is 1. The van der Waals surface area contributed by atoms with Crippen LogP contribution in [0.4, 0.5) is 0 Å². The molecule has 90 heavy (non-hydrogen) atoms. The molecule has 0 saturated carbocycles. The summed E-state index contributed by atoms with van der Waals surface area (Å²) in [5.41, 5.74) is 0.